The van der Waals surface area contributed by atoms with Crippen molar-refractivity contribution in [3.05, 3.63) is 0 Å². The van der Waals surface area contributed by atoms with E-state index in [9.17, 15) is 9.59 Å². The van der Waals surface area contributed by atoms with Crippen LogP contribution in [0.5, 0.6) is 0 Å². The Balaban J connectivity index is 1.51. The first-order valence-electron chi connectivity index (χ1n) is 10.1. The van der Waals surface area contributed by atoms with Gasteiger partial charge in [0.05, 0.1) is 18.3 Å². The normalized spacial score (nSPS) is 47.1. The van der Waals surface area contributed by atoms with Crippen LogP contribution in [0, 0.1) is 32.5 Å². The molecule has 0 aromatic heterocycles. The topological polar surface area (TPSA) is 58.2 Å². The second-order valence-electron chi connectivity index (χ2n) is 10.5. The van der Waals surface area contributed by atoms with Gasteiger partial charge in [-0.2, -0.15) is 0 Å². The van der Waals surface area contributed by atoms with Crippen molar-refractivity contribution in [2.75, 3.05) is 0 Å². The van der Waals surface area contributed by atoms with Gasteiger partial charge in [0.2, 0.25) is 11.8 Å². The second kappa shape index (κ2) is 7.17. The number of halogens is 6. The van der Waals surface area contributed by atoms with Crippen LogP contribution in [0.1, 0.15) is 53.4 Å². The summed E-state index contributed by atoms with van der Waals surface area (Å²) in [6.45, 7) is 8.64. The lowest BCUT2D eigenvalue weighted by atomic mass is 9.43. The molecule has 6 rings (SSSR count). The molecule has 6 fully saturated rings. The fourth-order valence-electron chi connectivity index (χ4n) is 7.73. The fourth-order valence-corrected chi connectivity index (χ4v) is 17.6. The summed E-state index contributed by atoms with van der Waals surface area (Å²) in [5.74, 6) is -0.196. The smallest absolute Gasteiger partial charge is 0.246 e. The van der Waals surface area contributed by atoms with Crippen LogP contribution < -0.4 is 10.9 Å². The lowest BCUT2D eigenvalue weighted by molar-refractivity contribution is -0.170. The number of carbonyl (C=O) groups excluding carboxylic acids is 2. The minimum Gasteiger partial charge on any atom is -0.273 e. The first-order chi connectivity index (χ1) is 13.7. The molecule has 6 atom stereocenters. The standard InChI is InChI=1S/C20H26Br6N2O2/c1-15(2)17(11(23)24)5-7-19(15,9(17)21)13(29)27-28-14(30)20-8-6-18(10(20)22,12(25)26)16(20,3)4/h9-12H,5-8H2,1-4H3,(H,27,29)(H,28,30). The van der Waals surface area contributed by atoms with Crippen molar-refractivity contribution in [1.82, 2.24) is 10.9 Å². The molecule has 10 heteroatoms. The van der Waals surface area contributed by atoms with Gasteiger partial charge in [-0.05, 0) is 36.5 Å². The Kier molecular flexibility index (Phi) is 5.96. The van der Waals surface area contributed by atoms with Gasteiger partial charge in [-0.15, -0.1) is 0 Å². The van der Waals surface area contributed by atoms with Crippen LogP contribution in [0.15, 0.2) is 0 Å². The molecule has 6 unspecified atom stereocenters. The summed E-state index contributed by atoms with van der Waals surface area (Å²) >= 11 is 22.5. The van der Waals surface area contributed by atoms with E-state index >= 15 is 0 Å². The van der Waals surface area contributed by atoms with E-state index in [1.807, 2.05) is 0 Å². The van der Waals surface area contributed by atoms with Crippen LogP contribution in [0.25, 0.3) is 0 Å². The Morgan fingerprint density at radius 1 is 0.700 bits per heavy atom. The molecule has 0 radical (unpaired) electrons. The van der Waals surface area contributed by atoms with E-state index in [0.717, 1.165) is 25.7 Å². The highest BCUT2D eigenvalue weighted by Gasteiger charge is 2.85. The van der Waals surface area contributed by atoms with Crippen LogP contribution in [0.4, 0.5) is 0 Å². The maximum absolute atomic E-state index is 13.4. The third kappa shape index (κ3) is 2.25. The fraction of sp³-hybridized carbons (Fsp3) is 0.900. The molecule has 0 heterocycles. The van der Waals surface area contributed by atoms with Crippen molar-refractivity contribution >= 4 is 107 Å². The van der Waals surface area contributed by atoms with E-state index in [0.29, 0.717) is 0 Å². The van der Waals surface area contributed by atoms with Crippen molar-refractivity contribution in [2.24, 2.45) is 32.5 Å². The number of alkyl halides is 6. The van der Waals surface area contributed by atoms with Crippen LogP contribution in [0.2, 0.25) is 0 Å². The number of carbonyl (C=O) groups is 2. The first-order valence-corrected chi connectivity index (χ1v) is 15.6. The van der Waals surface area contributed by atoms with Gasteiger partial charge < -0.3 is 0 Å². The molecule has 2 N–H and O–H groups in total. The van der Waals surface area contributed by atoms with Gasteiger partial charge >= 0.3 is 0 Å². The number of nitrogens with one attached hydrogen (secondary N) is 2. The van der Waals surface area contributed by atoms with E-state index in [4.69, 9.17) is 0 Å². The Morgan fingerprint density at radius 2 is 1.00 bits per heavy atom. The van der Waals surface area contributed by atoms with Gasteiger partial charge in [0.1, 0.15) is 0 Å². The number of hydrogen-bond acceptors (Lipinski definition) is 2. The molecule has 4 bridgehead atoms. The summed E-state index contributed by atoms with van der Waals surface area (Å²) in [7, 11) is 0. The number of hydrogen-bond donors (Lipinski definition) is 2. The molecule has 30 heavy (non-hydrogen) atoms. The minimum atomic E-state index is -0.545. The number of fused-ring (bicyclic) bond motifs is 2. The quantitative estimate of drug-likeness (QED) is 0.252. The Hall–Kier alpha value is 1.82. The molecule has 6 saturated carbocycles. The summed E-state index contributed by atoms with van der Waals surface area (Å²) < 4.78 is 0.235. The molecule has 0 spiro atoms. The summed E-state index contributed by atoms with van der Waals surface area (Å²) in [4.78, 5) is 26.9. The Morgan fingerprint density at radius 3 is 1.20 bits per heavy atom. The maximum atomic E-state index is 13.4. The SMILES string of the molecule is CC1(C)C2(C(=O)NNC(=O)C34CCC(C(Br)Br)(C3Br)C4(C)C)CCC1(C(Br)Br)C2Br. The van der Waals surface area contributed by atoms with Crippen molar-refractivity contribution < 1.29 is 9.59 Å². The van der Waals surface area contributed by atoms with Gasteiger partial charge in [0, 0.05) is 20.5 Å². The average Bonchev–Trinajstić information content (AvgIpc) is 3.31. The van der Waals surface area contributed by atoms with E-state index in [1.54, 1.807) is 0 Å². The summed E-state index contributed by atoms with van der Waals surface area (Å²) in [6.07, 6.45) is 3.47. The molecule has 0 saturated heterocycles. The van der Waals surface area contributed by atoms with Gasteiger partial charge in [-0.1, -0.05) is 123 Å². The lowest BCUT2D eigenvalue weighted by Crippen LogP contribution is -2.75. The number of hydrazine groups is 1. The van der Waals surface area contributed by atoms with Crippen LogP contribution >= 0.6 is 95.6 Å². The molecule has 4 nitrogen and oxygen atoms in total. The van der Waals surface area contributed by atoms with E-state index in [-0.39, 0.29) is 50.6 Å². The molecule has 0 aromatic carbocycles. The molecular weight excluding hydrogens is 780 g/mol. The molecule has 2 amide bonds. The predicted octanol–water partition coefficient (Wildman–Crippen LogP) is 6.51. The molecule has 6 aliphatic rings. The highest BCUT2D eigenvalue weighted by atomic mass is 79.9. The predicted molar refractivity (Wildman–Crippen MR) is 141 cm³/mol. The monoisotopic (exact) mass is 800 g/mol. The van der Waals surface area contributed by atoms with E-state index < -0.39 is 10.8 Å². The maximum Gasteiger partial charge on any atom is 0.246 e. The lowest BCUT2D eigenvalue weighted by Gasteiger charge is -2.66. The second-order valence-corrected chi connectivity index (χ2v) is 18.5. The molecule has 6 aliphatic carbocycles. The van der Waals surface area contributed by atoms with Gasteiger partial charge in [0.25, 0.3) is 0 Å². The van der Waals surface area contributed by atoms with Crippen molar-refractivity contribution in [3.63, 3.8) is 0 Å². The Bertz CT molecular complexity index is 753. The van der Waals surface area contributed by atoms with Crippen molar-refractivity contribution in [2.45, 2.75) is 70.5 Å². The summed E-state index contributed by atoms with van der Waals surface area (Å²) in [5.41, 5.74) is 4.05. The molecular formula is C20H26Br6N2O2. The zero-order valence-corrected chi connectivity index (χ0v) is 26.7. The van der Waals surface area contributed by atoms with Crippen LogP contribution in [-0.2, 0) is 9.59 Å². The number of amides is 2. The third-order valence-electron chi connectivity index (χ3n) is 10.1. The van der Waals surface area contributed by atoms with Gasteiger partial charge in [-0.25, -0.2) is 0 Å². The Labute approximate surface area is 228 Å². The minimum absolute atomic E-state index is 0.0389. The molecule has 0 aromatic rings. The molecule has 170 valence electrons. The van der Waals surface area contributed by atoms with Crippen LogP contribution in [0.3, 0.4) is 0 Å². The average molecular weight is 806 g/mol. The third-order valence-corrected chi connectivity index (χ3v) is 16.5. The highest BCUT2D eigenvalue weighted by molar-refractivity contribution is 9.25. The summed E-state index contributed by atoms with van der Waals surface area (Å²) in [6, 6.07) is 0. The zero-order chi connectivity index (χ0) is 22.7. The molecule has 0 aliphatic heterocycles. The van der Waals surface area contributed by atoms with Gasteiger partial charge in [-0.3, -0.25) is 20.4 Å². The first kappa shape index (κ1) is 24.9. The van der Waals surface area contributed by atoms with Crippen molar-refractivity contribution in [3.8, 4) is 0 Å². The van der Waals surface area contributed by atoms with Gasteiger partial charge in [0.15, 0.2) is 0 Å². The largest absolute Gasteiger partial charge is 0.273 e. The van der Waals surface area contributed by atoms with E-state index in [1.165, 1.54) is 0 Å². The zero-order valence-electron chi connectivity index (χ0n) is 17.2. The van der Waals surface area contributed by atoms with E-state index in [2.05, 4.69) is 134 Å². The van der Waals surface area contributed by atoms with Crippen LogP contribution in [-0.4, -0.2) is 28.9 Å². The highest BCUT2D eigenvalue weighted by Crippen LogP contribution is 2.83. The number of rotatable bonds is 4. The van der Waals surface area contributed by atoms with Crippen molar-refractivity contribution in [1.29, 1.82) is 0 Å². The summed E-state index contributed by atoms with van der Waals surface area (Å²) in [5, 5.41) is 0.